The molecule has 1 unspecified atom stereocenters. The average molecular weight is 258 g/mol. The standard InChI is InChI=1S/C9H14N4O3S/c1-6(5-17(2,15)16)11-9(14)7-3-4-8(10)13-12-7/h3-4,6H,5H2,1-2H3,(H2,10,13)(H,11,14). The van der Waals surface area contributed by atoms with E-state index in [1.807, 2.05) is 0 Å². The molecule has 0 saturated heterocycles. The molecule has 0 aliphatic carbocycles. The Morgan fingerprint density at radius 2 is 2.12 bits per heavy atom. The third-order valence-corrected chi connectivity index (χ3v) is 2.95. The molecule has 0 aliphatic rings. The third kappa shape index (κ3) is 4.77. The fraction of sp³-hybridized carbons (Fsp3) is 0.444. The highest BCUT2D eigenvalue weighted by atomic mass is 32.2. The minimum atomic E-state index is -3.13. The average Bonchev–Trinajstić information content (AvgIpc) is 2.15. The Bertz CT molecular complexity index is 497. The lowest BCUT2D eigenvalue weighted by Gasteiger charge is -2.11. The van der Waals surface area contributed by atoms with Gasteiger partial charge in [-0.3, -0.25) is 4.79 Å². The maximum absolute atomic E-state index is 11.6. The van der Waals surface area contributed by atoms with Crippen LogP contribution in [-0.2, 0) is 9.84 Å². The quantitative estimate of drug-likeness (QED) is 0.732. The first-order chi connectivity index (χ1) is 7.78. The van der Waals surface area contributed by atoms with Crippen LogP contribution in [0.2, 0.25) is 0 Å². The van der Waals surface area contributed by atoms with Crippen LogP contribution in [0.15, 0.2) is 12.1 Å². The van der Waals surface area contributed by atoms with Gasteiger partial charge >= 0.3 is 0 Å². The summed E-state index contributed by atoms with van der Waals surface area (Å²) >= 11 is 0. The lowest BCUT2D eigenvalue weighted by Crippen LogP contribution is -2.37. The number of aromatic nitrogens is 2. The van der Waals surface area contributed by atoms with E-state index in [0.717, 1.165) is 6.26 Å². The van der Waals surface area contributed by atoms with Crippen LogP contribution in [0.1, 0.15) is 17.4 Å². The van der Waals surface area contributed by atoms with Gasteiger partial charge in [-0.25, -0.2) is 8.42 Å². The summed E-state index contributed by atoms with van der Waals surface area (Å²) in [6.07, 6.45) is 1.11. The van der Waals surface area contributed by atoms with Crippen molar-refractivity contribution in [1.29, 1.82) is 0 Å². The molecule has 8 heteroatoms. The van der Waals surface area contributed by atoms with Gasteiger partial charge in [0.15, 0.2) is 5.69 Å². The largest absolute Gasteiger partial charge is 0.382 e. The zero-order valence-electron chi connectivity index (χ0n) is 9.54. The maximum atomic E-state index is 11.6. The van der Waals surface area contributed by atoms with Crippen LogP contribution < -0.4 is 11.1 Å². The van der Waals surface area contributed by atoms with Gasteiger partial charge in [0, 0.05) is 12.3 Å². The van der Waals surface area contributed by atoms with E-state index in [1.165, 1.54) is 12.1 Å². The van der Waals surface area contributed by atoms with Gasteiger partial charge in [-0.2, -0.15) is 0 Å². The molecule has 0 aliphatic heterocycles. The molecule has 94 valence electrons. The number of nitrogen functional groups attached to an aromatic ring is 1. The van der Waals surface area contributed by atoms with E-state index in [0.29, 0.717) is 0 Å². The zero-order valence-corrected chi connectivity index (χ0v) is 10.4. The van der Waals surface area contributed by atoms with Crippen LogP contribution in [0.3, 0.4) is 0 Å². The van der Waals surface area contributed by atoms with Crippen molar-refractivity contribution in [2.24, 2.45) is 0 Å². The molecule has 1 aromatic heterocycles. The predicted octanol–water partition coefficient (Wildman–Crippen LogP) is -0.778. The van der Waals surface area contributed by atoms with Crippen molar-refractivity contribution < 1.29 is 13.2 Å². The van der Waals surface area contributed by atoms with E-state index in [4.69, 9.17) is 5.73 Å². The molecule has 3 N–H and O–H groups in total. The summed E-state index contributed by atoms with van der Waals surface area (Å²) in [4.78, 5) is 11.6. The van der Waals surface area contributed by atoms with Gasteiger partial charge < -0.3 is 11.1 Å². The number of amides is 1. The van der Waals surface area contributed by atoms with Crippen molar-refractivity contribution in [3.63, 3.8) is 0 Å². The first-order valence-corrected chi connectivity index (χ1v) is 6.92. The molecule has 7 nitrogen and oxygen atoms in total. The number of carbonyl (C=O) groups excluding carboxylic acids is 1. The second kappa shape index (κ2) is 5.09. The number of carbonyl (C=O) groups is 1. The molecule has 0 fully saturated rings. The summed E-state index contributed by atoms with van der Waals surface area (Å²) in [5, 5.41) is 9.63. The van der Waals surface area contributed by atoms with Gasteiger partial charge in [0.2, 0.25) is 0 Å². The van der Waals surface area contributed by atoms with Gasteiger partial charge in [-0.05, 0) is 19.1 Å². The maximum Gasteiger partial charge on any atom is 0.272 e. The van der Waals surface area contributed by atoms with Crippen LogP contribution >= 0.6 is 0 Å². The van der Waals surface area contributed by atoms with Gasteiger partial charge in [0.25, 0.3) is 5.91 Å². The molecule has 1 heterocycles. The van der Waals surface area contributed by atoms with Crippen molar-refractivity contribution in [1.82, 2.24) is 15.5 Å². The number of rotatable bonds is 4. The lowest BCUT2D eigenvalue weighted by molar-refractivity contribution is 0.0937. The molecule has 0 radical (unpaired) electrons. The summed E-state index contributed by atoms with van der Waals surface area (Å²) in [6, 6.07) is 2.38. The van der Waals surface area contributed by atoms with Crippen LogP contribution in [0.25, 0.3) is 0 Å². The lowest BCUT2D eigenvalue weighted by atomic mass is 10.3. The summed E-state index contributed by atoms with van der Waals surface area (Å²) < 4.78 is 22.0. The normalized spacial score (nSPS) is 13.1. The zero-order chi connectivity index (χ0) is 13.1. The molecule has 1 rings (SSSR count). The first kappa shape index (κ1) is 13.4. The van der Waals surface area contributed by atoms with Crippen LogP contribution in [0.5, 0.6) is 0 Å². The molecular weight excluding hydrogens is 244 g/mol. The highest BCUT2D eigenvalue weighted by molar-refractivity contribution is 7.90. The van der Waals surface area contributed by atoms with Gasteiger partial charge in [-0.15, -0.1) is 10.2 Å². The van der Waals surface area contributed by atoms with Crippen molar-refractivity contribution in [2.45, 2.75) is 13.0 Å². The first-order valence-electron chi connectivity index (χ1n) is 4.86. The van der Waals surface area contributed by atoms with E-state index < -0.39 is 21.8 Å². The minimum Gasteiger partial charge on any atom is -0.382 e. The number of hydrogen-bond acceptors (Lipinski definition) is 6. The van der Waals surface area contributed by atoms with Crippen molar-refractivity contribution in [3.05, 3.63) is 17.8 Å². The molecule has 0 bridgehead atoms. The van der Waals surface area contributed by atoms with E-state index in [2.05, 4.69) is 15.5 Å². The molecule has 1 amide bonds. The SMILES string of the molecule is CC(CS(C)(=O)=O)NC(=O)c1ccc(N)nn1. The Hall–Kier alpha value is -1.70. The number of nitrogens with two attached hydrogens (primary N) is 1. The predicted molar refractivity (Wildman–Crippen MR) is 63.1 cm³/mol. The fourth-order valence-electron chi connectivity index (χ4n) is 1.26. The molecule has 1 aromatic rings. The van der Waals surface area contributed by atoms with E-state index in [1.54, 1.807) is 6.92 Å². The van der Waals surface area contributed by atoms with Crippen LogP contribution in [0, 0.1) is 0 Å². The summed E-state index contributed by atoms with van der Waals surface area (Å²) in [6.45, 7) is 1.60. The third-order valence-electron chi connectivity index (χ3n) is 1.85. The number of sulfone groups is 1. The van der Waals surface area contributed by atoms with Crippen LogP contribution in [0.4, 0.5) is 5.82 Å². The minimum absolute atomic E-state index is 0.0968. The van der Waals surface area contributed by atoms with Gasteiger partial charge in [-0.1, -0.05) is 0 Å². The second-order valence-electron chi connectivity index (χ2n) is 3.81. The van der Waals surface area contributed by atoms with Crippen molar-refractivity contribution in [3.8, 4) is 0 Å². The molecule has 17 heavy (non-hydrogen) atoms. The number of nitrogens with one attached hydrogen (secondary N) is 1. The second-order valence-corrected chi connectivity index (χ2v) is 6.00. The smallest absolute Gasteiger partial charge is 0.272 e. The topological polar surface area (TPSA) is 115 Å². The summed E-state index contributed by atoms with van der Waals surface area (Å²) in [5.41, 5.74) is 5.42. The Labute approximate surface area is 99.3 Å². The van der Waals surface area contributed by atoms with Crippen LogP contribution in [-0.4, -0.2) is 42.6 Å². The fourth-order valence-corrected chi connectivity index (χ4v) is 2.25. The van der Waals surface area contributed by atoms with E-state index in [9.17, 15) is 13.2 Å². The Kier molecular flexibility index (Phi) is 4.00. The van der Waals surface area contributed by atoms with Crippen molar-refractivity contribution >= 4 is 21.6 Å². The molecule has 1 atom stereocenters. The molecule has 0 spiro atoms. The highest BCUT2D eigenvalue weighted by Gasteiger charge is 2.15. The van der Waals surface area contributed by atoms with Crippen molar-refractivity contribution in [2.75, 3.05) is 17.7 Å². The Morgan fingerprint density at radius 1 is 1.47 bits per heavy atom. The van der Waals surface area contributed by atoms with E-state index in [-0.39, 0.29) is 17.3 Å². The number of anilines is 1. The van der Waals surface area contributed by atoms with Gasteiger partial charge in [0.1, 0.15) is 15.7 Å². The van der Waals surface area contributed by atoms with Gasteiger partial charge in [0.05, 0.1) is 5.75 Å². The number of nitrogens with zero attached hydrogens (tertiary/aromatic N) is 2. The summed E-state index contributed by atoms with van der Waals surface area (Å²) in [7, 11) is -3.13. The number of hydrogen-bond donors (Lipinski definition) is 2. The van der Waals surface area contributed by atoms with E-state index >= 15 is 0 Å². The molecular formula is C9H14N4O3S. The Balaban J connectivity index is 2.63. The molecule has 0 saturated carbocycles. The summed E-state index contributed by atoms with van der Waals surface area (Å²) in [5.74, 6) is -0.388. The Morgan fingerprint density at radius 3 is 2.59 bits per heavy atom. The molecule has 0 aromatic carbocycles. The highest BCUT2D eigenvalue weighted by Crippen LogP contribution is 1.98. The monoisotopic (exact) mass is 258 g/mol.